The van der Waals surface area contributed by atoms with Crippen molar-refractivity contribution >= 4 is 18.7 Å². The first-order valence-corrected chi connectivity index (χ1v) is 11.4. The molecule has 0 saturated carbocycles. The van der Waals surface area contributed by atoms with E-state index in [9.17, 15) is 10.2 Å². The molecule has 0 radical (unpaired) electrons. The average molecular weight is 397 g/mol. The predicted octanol–water partition coefficient (Wildman–Crippen LogP) is 1.69. The zero-order valence-electron chi connectivity index (χ0n) is 16.6. The minimum Gasteiger partial charge on any atom is -0.405 e. The standard InChI is InChI=1S/C23H28O4Si/c1-5-23(25)20(24)16-26-21(23)17-27-28(22(2,3)4,18-12-8-6-9-13-18)19-14-10-7-11-15-19/h1,6-15,20-21,24-25H,16-17H2,2-4H3/t20-,21+,23-/m0/s1. The molecule has 1 fully saturated rings. The van der Waals surface area contributed by atoms with E-state index in [1.807, 2.05) is 36.4 Å². The van der Waals surface area contributed by atoms with Crippen LogP contribution in [0.15, 0.2) is 60.7 Å². The Hall–Kier alpha value is -1.94. The van der Waals surface area contributed by atoms with Crippen molar-refractivity contribution in [1.82, 2.24) is 0 Å². The first kappa shape index (κ1) is 20.8. The molecule has 2 N–H and O–H groups in total. The van der Waals surface area contributed by atoms with Crippen molar-refractivity contribution in [1.29, 1.82) is 0 Å². The zero-order valence-corrected chi connectivity index (χ0v) is 17.6. The zero-order chi connectivity index (χ0) is 20.4. The van der Waals surface area contributed by atoms with E-state index >= 15 is 0 Å². The Bertz CT molecular complexity index is 786. The topological polar surface area (TPSA) is 58.9 Å². The van der Waals surface area contributed by atoms with Crippen molar-refractivity contribution < 1.29 is 19.4 Å². The van der Waals surface area contributed by atoms with Crippen LogP contribution in [0.3, 0.4) is 0 Å². The molecule has 3 rings (SSSR count). The number of terminal acetylenes is 1. The van der Waals surface area contributed by atoms with E-state index in [4.69, 9.17) is 15.6 Å². The quantitative estimate of drug-likeness (QED) is 0.597. The highest BCUT2D eigenvalue weighted by molar-refractivity contribution is 6.99. The van der Waals surface area contributed by atoms with Crippen LogP contribution in [-0.4, -0.2) is 49.6 Å². The van der Waals surface area contributed by atoms with Crippen molar-refractivity contribution in [3.05, 3.63) is 60.7 Å². The van der Waals surface area contributed by atoms with E-state index in [2.05, 4.69) is 51.0 Å². The average Bonchev–Trinajstić information content (AvgIpc) is 2.98. The predicted molar refractivity (Wildman–Crippen MR) is 113 cm³/mol. The summed E-state index contributed by atoms with van der Waals surface area (Å²) in [5.74, 6) is 2.31. The van der Waals surface area contributed by atoms with Gasteiger partial charge in [0.15, 0.2) is 5.60 Å². The Morgan fingerprint density at radius 3 is 2.04 bits per heavy atom. The van der Waals surface area contributed by atoms with Crippen LogP contribution in [0.5, 0.6) is 0 Å². The van der Waals surface area contributed by atoms with Gasteiger partial charge in [-0.05, 0) is 15.4 Å². The summed E-state index contributed by atoms with van der Waals surface area (Å²) < 4.78 is 12.3. The van der Waals surface area contributed by atoms with Crippen LogP contribution in [-0.2, 0) is 9.16 Å². The molecule has 1 heterocycles. The molecule has 4 nitrogen and oxygen atoms in total. The molecule has 3 atom stereocenters. The lowest BCUT2D eigenvalue weighted by molar-refractivity contribution is -0.0488. The molecular formula is C23H28O4Si. The molecule has 148 valence electrons. The van der Waals surface area contributed by atoms with Gasteiger partial charge in [-0.15, -0.1) is 6.42 Å². The Kier molecular flexibility index (Phi) is 5.81. The summed E-state index contributed by atoms with van der Waals surface area (Å²) in [4.78, 5) is 0. The van der Waals surface area contributed by atoms with Crippen LogP contribution in [0.25, 0.3) is 0 Å². The second kappa shape index (κ2) is 7.82. The Morgan fingerprint density at radius 2 is 1.61 bits per heavy atom. The number of aliphatic hydroxyl groups excluding tert-OH is 1. The van der Waals surface area contributed by atoms with Gasteiger partial charge in [0.25, 0.3) is 8.32 Å². The molecule has 1 aliphatic heterocycles. The van der Waals surface area contributed by atoms with Gasteiger partial charge in [-0.2, -0.15) is 0 Å². The van der Waals surface area contributed by atoms with Crippen LogP contribution in [0.2, 0.25) is 5.04 Å². The van der Waals surface area contributed by atoms with E-state index in [0.717, 1.165) is 10.4 Å². The van der Waals surface area contributed by atoms with Crippen LogP contribution >= 0.6 is 0 Å². The first-order valence-electron chi connectivity index (χ1n) is 9.50. The van der Waals surface area contributed by atoms with Crippen molar-refractivity contribution in [2.24, 2.45) is 0 Å². The van der Waals surface area contributed by atoms with Gasteiger partial charge < -0.3 is 19.4 Å². The van der Waals surface area contributed by atoms with Crippen molar-refractivity contribution in [3.63, 3.8) is 0 Å². The largest absolute Gasteiger partial charge is 0.405 e. The fraction of sp³-hybridized carbons (Fsp3) is 0.391. The highest BCUT2D eigenvalue weighted by Gasteiger charge is 2.54. The summed E-state index contributed by atoms with van der Waals surface area (Å²) >= 11 is 0. The van der Waals surface area contributed by atoms with Crippen LogP contribution in [0, 0.1) is 12.3 Å². The van der Waals surface area contributed by atoms with Gasteiger partial charge in [-0.1, -0.05) is 87.4 Å². The van der Waals surface area contributed by atoms with E-state index < -0.39 is 26.1 Å². The van der Waals surface area contributed by atoms with Crippen molar-refractivity contribution in [2.45, 2.75) is 43.6 Å². The van der Waals surface area contributed by atoms with E-state index in [1.165, 1.54) is 0 Å². The molecule has 28 heavy (non-hydrogen) atoms. The van der Waals surface area contributed by atoms with Crippen LogP contribution in [0.4, 0.5) is 0 Å². The highest BCUT2D eigenvalue weighted by atomic mass is 28.4. The number of hydrogen-bond acceptors (Lipinski definition) is 4. The molecule has 1 saturated heterocycles. The lowest BCUT2D eigenvalue weighted by Crippen LogP contribution is -2.67. The summed E-state index contributed by atoms with van der Waals surface area (Å²) in [6.07, 6.45) is 3.61. The minimum absolute atomic E-state index is 0.00449. The highest BCUT2D eigenvalue weighted by Crippen LogP contribution is 2.38. The lowest BCUT2D eigenvalue weighted by atomic mass is 9.95. The molecule has 0 unspecified atom stereocenters. The maximum Gasteiger partial charge on any atom is 0.261 e. The normalized spacial score (nSPS) is 25.4. The fourth-order valence-electron chi connectivity index (χ4n) is 4.00. The third-order valence-electron chi connectivity index (χ3n) is 5.55. The minimum atomic E-state index is -2.76. The lowest BCUT2D eigenvalue weighted by Gasteiger charge is -2.44. The van der Waals surface area contributed by atoms with Crippen molar-refractivity contribution in [2.75, 3.05) is 13.2 Å². The van der Waals surface area contributed by atoms with E-state index in [-0.39, 0.29) is 18.3 Å². The second-order valence-corrected chi connectivity index (χ2v) is 12.6. The summed E-state index contributed by atoms with van der Waals surface area (Å²) in [7, 11) is -2.76. The number of aliphatic hydroxyl groups is 2. The molecule has 0 spiro atoms. The van der Waals surface area contributed by atoms with Gasteiger partial charge in [-0.3, -0.25) is 0 Å². The summed E-state index contributed by atoms with van der Waals surface area (Å²) in [6.45, 7) is 6.63. The fourth-order valence-corrected chi connectivity index (χ4v) is 8.56. The third kappa shape index (κ3) is 3.43. The second-order valence-electron chi connectivity index (χ2n) is 8.28. The van der Waals surface area contributed by atoms with Gasteiger partial charge in [0.05, 0.1) is 13.2 Å². The molecule has 0 aliphatic carbocycles. The summed E-state index contributed by atoms with van der Waals surface area (Å²) in [5.41, 5.74) is -1.74. The smallest absolute Gasteiger partial charge is 0.261 e. The molecule has 2 aromatic rings. The van der Waals surface area contributed by atoms with Gasteiger partial charge >= 0.3 is 0 Å². The van der Waals surface area contributed by atoms with Gasteiger partial charge in [0.1, 0.15) is 12.2 Å². The van der Waals surface area contributed by atoms with Gasteiger partial charge in [0, 0.05) is 0 Å². The molecular weight excluding hydrogens is 368 g/mol. The Labute approximate surface area is 168 Å². The summed E-state index contributed by atoms with van der Waals surface area (Å²) in [6, 6.07) is 20.4. The number of hydrogen-bond donors (Lipinski definition) is 2. The SMILES string of the molecule is C#C[C@]1(O)[C@@H](O)CO[C@@H]1CO[Si](c1ccccc1)(c1ccccc1)C(C)(C)C. The maximum absolute atomic E-state index is 10.7. The van der Waals surface area contributed by atoms with Crippen LogP contribution in [0.1, 0.15) is 20.8 Å². The number of benzene rings is 2. The van der Waals surface area contributed by atoms with Gasteiger partial charge in [0.2, 0.25) is 0 Å². The molecule has 1 aliphatic rings. The Morgan fingerprint density at radius 1 is 1.11 bits per heavy atom. The van der Waals surface area contributed by atoms with E-state index in [1.54, 1.807) is 0 Å². The molecule has 2 aromatic carbocycles. The number of rotatable bonds is 5. The number of ether oxygens (including phenoxy) is 1. The molecule has 0 bridgehead atoms. The maximum atomic E-state index is 10.7. The third-order valence-corrected chi connectivity index (χ3v) is 10.6. The monoisotopic (exact) mass is 396 g/mol. The molecule has 0 aromatic heterocycles. The Balaban J connectivity index is 2.06. The summed E-state index contributed by atoms with van der Waals surface area (Å²) in [5, 5.41) is 22.9. The van der Waals surface area contributed by atoms with Crippen molar-refractivity contribution in [3.8, 4) is 12.3 Å². The van der Waals surface area contributed by atoms with Gasteiger partial charge in [-0.25, -0.2) is 0 Å². The van der Waals surface area contributed by atoms with E-state index in [0.29, 0.717) is 0 Å². The first-order chi connectivity index (χ1) is 13.3. The molecule has 5 heteroatoms. The van der Waals surface area contributed by atoms with Crippen LogP contribution < -0.4 is 10.4 Å². The molecule has 0 amide bonds.